The Balaban J connectivity index is 2.10. The van der Waals surface area contributed by atoms with Crippen molar-refractivity contribution >= 4 is 26.0 Å². The van der Waals surface area contributed by atoms with Gasteiger partial charge in [0.2, 0.25) is 5.03 Å². The molecule has 7 nitrogen and oxygen atoms in total. The van der Waals surface area contributed by atoms with Crippen LogP contribution in [0.3, 0.4) is 0 Å². The highest BCUT2D eigenvalue weighted by Crippen LogP contribution is 2.24. The van der Waals surface area contributed by atoms with E-state index in [2.05, 4.69) is 38.2 Å². The molecule has 0 atom stereocenters. The third kappa shape index (κ3) is 3.21. The van der Waals surface area contributed by atoms with E-state index >= 15 is 0 Å². The summed E-state index contributed by atoms with van der Waals surface area (Å²) >= 11 is 3.15. The summed E-state index contributed by atoms with van der Waals surface area (Å²) in [5, 5.41) is 7.57. The first-order valence-corrected chi connectivity index (χ1v) is 8.75. The maximum absolute atomic E-state index is 12.6. The maximum atomic E-state index is 12.6. The van der Waals surface area contributed by atoms with Crippen molar-refractivity contribution in [1.29, 1.82) is 0 Å². The molecule has 0 bridgehead atoms. The normalized spacial score (nSPS) is 18.9. The Morgan fingerprint density at radius 1 is 1.35 bits per heavy atom. The van der Waals surface area contributed by atoms with Crippen molar-refractivity contribution in [2.24, 2.45) is 13.0 Å². The van der Waals surface area contributed by atoms with Gasteiger partial charge in [-0.2, -0.15) is 4.31 Å². The van der Waals surface area contributed by atoms with Crippen molar-refractivity contribution < 1.29 is 8.42 Å². The molecule has 20 heavy (non-hydrogen) atoms. The summed E-state index contributed by atoms with van der Waals surface area (Å²) in [6, 6.07) is 0. The lowest BCUT2D eigenvalue weighted by atomic mass is 9.97. The van der Waals surface area contributed by atoms with E-state index in [1.807, 2.05) is 0 Å². The second-order valence-electron chi connectivity index (χ2n) is 5.34. The molecule has 1 saturated heterocycles. The quantitative estimate of drug-likeness (QED) is 0.778. The Bertz CT molecular complexity index is 546. The minimum Gasteiger partial charge on any atom is -0.306 e. The summed E-state index contributed by atoms with van der Waals surface area (Å²) in [6.07, 6.45) is 2.06. The molecule has 9 heteroatoms. The highest BCUT2D eigenvalue weighted by Gasteiger charge is 2.30. The Morgan fingerprint density at radius 3 is 2.45 bits per heavy atom. The van der Waals surface area contributed by atoms with Crippen LogP contribution in [-0.4, -0.2) is 66.3 Å². The summed E-state index contributed by atoms with van der Waals surface area (Å²) in [7, 11) is 1.73. The van der Waals surface area contributed by atoms with E-state index in [0.717, 1.165) is 25.9 Å². The molecule has 1 aromatic rings. The monoisotopic (exact) mass is 365 g/mol. The summed E-state index contributed by atoms with van der Waals surface area (Å²) in [4.78, 5) is 2.27. The molecule has 1 fully saturated rings. The van der Waals surface area contributed by atoms with Crippen molar-refractivity contribution in [3.63, 3.8) is 0 Å². The van der Waals surface area contributed by atoms with E-state index in [0.29, 0.717) is 12.5 Å². The highest BCUT2D eigenvalue weighted by molar-refractivity contribution is 9.10. The fraction of sp³-hybridized carbons (Fsp3) is 0.818. The number of hydrogen-bond acceptors (Lipinski definition) is 5. The van der Waals surface area contributed by atoms with Gasteiger partial charge in [0.15, 0.2) is 4.60 Å². The number of piperidine rings is 1. The van der Waals surface area contributed by atoms with Crippen LogP contribution in [0.15, 0.2) is 9.63 Å². The molecule has 0 spiro atoms. The zero-order valence-electron chi connectivity index (χ0n) is 12.0. The smallest absolute Gasteiger partial charge is 0.262 e. The van der Waals surface area contributed by atoms with E-state index in [9.17, 15) is 8.42 Å². The number of aromatic nitrogens is 3. The highest BCUT2D eigenvalue weighted by atomic mass is 79.9. The predicted molar refractivity (Wildman–Crippen MR) is 78.7 cm³/mol. The molecule has 0 unspecified atom stereocenters. The molecule has 1 aliphatic heterocycles. The average molecular weight is 366 g/mol. The van der Waals surface area contributed by atoms with Crippen molar-refractivity contribution in [3.05, 3.63) is 4.60 Å². The number of likely N-dealkylation sites (tertiary alicyclic amines) is 1. The minimum absolute atomic E-state index is 0.105. The van der Waals surface area contributed by atoms with E-state index in [4.69, 9.17) is 0 Å². The van der Waals surface area contributed by atoms with Crippen LogP contribution in [0.2, 0.25) is 0 Å². The second-order valence-corrected chi connectivity index (χ2v) is 8.05. The second kappa shape index (κ2) is 6.08. The number of sulfonamides is 1. The topological polar surface area (TPSA) is 71.3 Å². The van der Waals surface area contributed by atoms with Gasteiger partial charge in [-0.15, -0.1) is 5.10 Å². The van der Waals surface area contributed by atoms with E-state index in [-0.39, 0.29) is 9.63 Å². The molecule has 0 aliphatic carbocycles. The molecular weight excluding hydrogens is 346 g/mol. The van der Waals surface area contributed by atoms with Gasteiger partial charge in [-0.25, -0.2) is 13.1 Å². The third-order valence-corrected chi connectivity index (χ3v) is 6.46. The lowest BCUT2D eigenvalue weighted by Gasteiger charge is -2.31. The van der Waals surface area contributed by atoms with E-state index in [1.165, 1.54) is 8.99 Å². The molecule has 0 aromatic carbocycles. The molecule has 114 valence electrons. The Kier molecular flexibility index (Phi) is 4.83. The van der Waals surface area contributed by atoms with Crippen LogP contribution in [0.5, 0.6) is 0 Å². The zero-order chi connectivity index (χ0) is 14.9. The summed E-state index contributed by atoms with van der Waals surface area (Å²) in [6.45, 7) is 2.58. The van der Waals surface area contributed by atoms with Crippen molar-refractivity contribution in [2.45, 2.75) is 17.9 Å². The Labute approximate surface area is 128 Å². The molecule has 0 amide bonds. The van der Waals surface area contributed by atoms with Crippen molar-refractivity contribution in [2.75, 3.05) is 33.7 Å². The predicted octanol–water partition coefficient (Wildman–Crippen LogP) is 0.540. The van der Waals surface area contributed by atoms with Gasteiger partial charge in [-0.1, -0.05) is 5.21 Å². The number of hydrogen-bond donors (Lipinski definition) is 0. The lowest BCUT2D eigenvalue weighted by Crippen LogP contribution is -2.38. The fourth-order valence-corrected chi connectivity index (χ4v) is 4.72. The van der Waals surface area contributed by atoms with Gasteiger partial charge in [0.1, 0.15) is 0 Å². The minimum atomic E-state index is -3.56. The number of nitrogens with zero attached hydrogens (tertiary/aromatic N) is 5. The number of halogens is 1. The maximum Gasteiger partial charge on any atom is 0.262 e. The first-order chi connectivity index (χ1) is 9.32. The van der Waals surface area contributed by atoms with E-state index in [1.54, 1.807) is 14.1 Å². The summed E-state index contributed by atoms with van der Waals surface area (Å²) in [5.74, 6) is 0.408. The zero-order valence-corrected chi connectivity index (χ0v) is 14.4. The SMILES string of the molecule is CN1CCC(CN(C)S(=O)(=O)c2c(Br)nnn2C)CC1. The first-order valence-electron chi connectivity index (χ1n) is 6.52. The molecule has 2 heterocycles. The molecular formula is C11H20BrN5O2S. The van der Waals surface area contributed by atoms with Gasteiger partial charge in [-0.05, 0) is 54.8 Å². The number of rotatable bonds is 4. The van der Waals surface area contributed by atoms with Crippen LogP contribution in [0.25, 0.3) is 0 Å². The molecule has 2 rings (SSSR count). The standard InChI is InChI=1S/C11H20BrN5O2S/c1-15-6-4-9(5-7-15)8-16(2)20(18,19)11-10(12)13-14-17(11)3/h9H,4-8H2,1-3H3. The van der Waals surface area contributed by atoms with Gasteiger partial charge in [0.25, 0.3) is 10.0 Å². The van der Waals surface area contributed by atoms with Crippen LogP contribution in [0, 0.1) is 5.92 Å². The molecule has 0 saturated carbocycles. The summed E-state index contributed by atoms with van der Waals surface area (Å²) < 4.78 is 28.1. The first kappa shape index (κ1) is 15.9. The third-order valence-electron chi connectivity index (χ3n) is 3.75. The van der Waals surface area contributed by atoms with Crippen LogP contribution >= 0.6 is 15.9 Å². The van der Waals surface area contributed by atoms with E-state index < -0.39 is 10.0 Å². The van der Waals surface area contributed by atoms with Crippen molar-refractivity contribution in [1.82, 2.24) is 24.2 Å². The number of aryl methyl sites for hydroxylation is 1. The van der Waals surface area contributed by atoms with Crippen molar-refractivity contribution in [3.8, 4) is 0 Å². The van der Waals surface area contributed by atoms with Gasteiger partial charge in [-0.3, -0.25) is 0 Å². The fourth-order valence-electron chi connectivity index (χ4n) is 2.45. The molecule has 0 radical (unpaired) electrons. The lowest BCUT2D eigenvalue weighted by molar-refractivity contribution is 0.202. The molecule has 1 aliphatic rings. The van der Waals surface area contributed by atoms with Crippen LogP contribution in [0.1, 0.15) is 12.8 Å². The Hall–Kier alpha value is -0.510. The van der Waals surface area contributed by atoms with Crippen LogP contribution in [0.4, 0.5) is 0 Å². The molecule has 0 N–H and O–H groups in total. The van der Waals surface area contributed by atoms with Crippen LogP contribution < -0.4 is 0 Å². The Morgan fingerprint density at radius 2 is 1.95 bits per heavy atom. The molecule has 1 aromatic heterocycles. The van der Waals surface area contributed by atoms with Gasteiger partial charge in [0.05, 0.1) is 0 Å². The average Bonchev–Trinajstić information content (AvgIpc) is 2.72. The summed E-state index contributed by atoms with van der Waals surface area (Å²) in [5.41, 5.74) is 0. The largest absolute Gasteiger partial charge is 0.306 e. The van der Waals surface area contributed by atoms with Crippen LogP contribution in [-0.2, 0) is 17.1 Å². The van der Waals surface area contributed by atoms with Gasteiger partial charge >= 0.3 is 0 Å². The van der Waals surface area contributed by atoms with Gasteiger partial charge in [0, 0.05) is 20.6 Å². The van der Waals surface area contributed by atoms with Gasteiger partial charge < -0.3 is 4.90 Å².